The number of hydrogen-bond acceptors (Lipinski definition) is 3. The van der Waals surface area contributed by atoms with E-state index in [9.17, 15) is 4.79 Å². The van der Waals surface area contributed by atoms with Crippen molar-refractivity contribution in [3.63, 3.8) is 0 Å². The van der Waals surface area contributed by atoms with Crippen LogP contribution >= 0.6 is 11.3 Å². The Morgan fingerprint density at radius 1 is 1.26 bits per heavy atom. The minimum Gasteiger partial charge on any atom is -0.335 e. The highest BCUT2D eigenvalue weighted by Crippen LogP contribution is 2.34. The van der Waals surface area contributed by atoms with Crippen molar-refractivity contribution in [2.45, 2.75) is 25.3 Å². The molecule has 2 aromatic carbocycles. The molecule has 0 saturated heterocycles. The van der Waals surface area contributed by atoms with E-state index in [0.29, 0.717) is 0 Å². The molecule has 0 aliphatic heterocycles. The van der Waals surface area contributed by atoms with Crippen LogP contribution in [-0.4, -0.2) is 22.8 Å². The molecule has 1 amide bonds. The number of hydrogen-bond donors (Lipinski definition) is 0. The third-order valence-electron chi connectivity index (χ3n) is 4.70. The number of thiazole rings is 1. The zero-order chi connectivity index (χ0) is 15.8. The molecule has 1 aromatic heterocycles. The normalized spacial score (nSPS) is 17.0. The number of amides is 1. The highest BCUT2D eigenvalue weighted by molar-refractivity contribution is 7.16. The van der Waals surface area contributed by atoms with Crippen LogP contribution in [0.5, 0.6) is 0 Å². The van der Waals surface area contributed by atoms with E-state index in [1.165, 1.54) is 11.1 Å². The van der Waals surface area contributed by atoms with Crippen LogP contribution in [0.3, 0.4) is 0 Å². The fourth-order valence-electron chi connectivity index (χ4n) is 3.46. The Balaban J connectivity index is 1.66. The lowest BCUT2D eigenvalue weighted by Gasteiger charge is -2.33. The number of rotatable bonds is 2. The van der Waals surface area contributed by atoms with Gasteiger partial charge in [-0.3, -0.25) is 4.79 Å². The first kappa shape index (κ1) is 14.4. The van der Waals surface area contributed by atoms with Crippen LogP contribution in [0.4, 0.5) is 0 Å². The molecule has 4 heteroatoms. The van der Waals surface area contributed by atoms with Crippen LogP contribution in [0.2, 0.25) is 0 Å². The molecule has 0 fully saturated rings. The molecule has 3 nitrogen and oxygen atoms in total. The van der Waals surface area contributed by atoms with Gasteiger partial charge in [0, 0.05) is 12.6 Å². The molecule has 4 rings (SSSR count). The lowest BCUT2D eigenvalue weighted by molar-refractivity contribution is 0.0715. The molecule has 1 heterocycles. The smallest absolute Gasteiger partial charge is 0.254 e. The molecule has 0 bridgehead atoms. The molecule has 0 unspecified atom stereocenters. The summed E-state index contributed by atoms with van der Waals surface area (Å²) in [6, 6.07) is 14.4. The monoisotopic (exact) mass is 322 g/mol. The van der Waals surface area contributed by atoms with Crippen molar-refractivity contribution in [2.75, 3.05) is 7.05 Å². The third kappa shape index (κ3) is 2.53. The van der Waals surface area contributed by atoms with E-state index in [1.807, 2.05) is 35.7 Å². The van der Waals surface area contributed by atoms with Gasteiger partial charge in [0.05, 0.1) is 21.8 Å². The van der Waals surface area contributed by atoms with E-state index in [4.69, 9.17) is 0 Å². The van der Waals surface area contributed by atoms with Gasteiger partial charge < -0.3 is 4.90 Å². The summed E-state index contributed by atoms with van der Waals surface area (Å²) in [7, 11) is 1.92. The summed E-state index contributed by atoms with van der Waals surface area (Å²) in [5.41, 5.74) is 6.19. The Bertz CT molecular complexity index is 870. The Labute approximate surface area is 139 Å². The molecular weight excluding hydrogens is 304 g/mol. The second kappa shape index (κ2) is 5.78. The molecule has 1 aliphatic rings. The quantitative estimate of drug-likeness (QED) is 0.698. The van der Waals surface area contributed by atoms with E-state index in [-0.39, 0.29) is 11.9 Å². The number of fused-ring (bicyclic) bond motifs is 2. The summed E-state index contributed by atoms with van der Waals surface area (Å²) >= 11 is 1.57. The minimum absolute atomic E-state index is 0.0852. The van der Waals surface area contributed by atoms with Gasteiger partial charge in [-0.1, -0.05) is 24.3 Å². The molecule has 23 heavy (non-hydrogen) atoms. The van der Waals surface area contributed by atoms with E-state index in [2.05, 4.69) is 29.2 Å². The summed E-state index contributed by atoms with van der Waals surface area (Å²) in [5, 5.41) is 0. The van der Waals surface area contributed by atoms with Crippen LogP contribution in [0, 0.1) is 0 Å². The van der Waals surface area contributed by atoms with Crippen molar-refractivity contribution in [3.05, 3.63) is 64.7 Å². The molecule has 1 aliphatic carbocycles. The van der Waals surface area contributed by atoms with Crippen LogP contribution in [0.15, 0.2) is 48.0 Å². The predicted octanol–water partition coefficient (Wildman–Crippen LogP) is 4.45. The van der Waals surface area contributed by atoms with E-state index in [0.717, 1.165) is 35.0 Å². The van der Waals surface area contributed by atoms with Crippen molar-refractivity contribution in [3.8, 4) is 0 Å². The number of carbonyl (C=O) groups is 1. The van der Waals surface area contributed by atoms with Crippen LogP contribution in [0.25, 0.3) is 10.2 Å². The Hall–Kier alpha value is -2.20. The van der Waals surface area contributed by atoms with Crippen molar-refractivity contribution >= 4 is 27.5 Å². The van der Waals surface area contributed by atoms with E-state index >= 15 is 0 Å². The first-order valence-corrected chi connectivity index (χ1v) is 8.80. The maximum Gasteiger partial charge on any atom is 0.254 e. The standard InChI is InChI=1S/C19H18N2OS/c1-21(17-8-4-6-13-5-2-3-7-15(13)17)19(22)14-9-10-16-18(11-14)23-12-20-16/h2-3,5,7,9-12,17H,4,6,8H2,1H3/t17-/m1/s1. The average molecular weight is 322 g/mol. The topological polar surface area (TPSA) is 33.2 Å². The highest BCUT2D eigenvalue weighted by Gasteiger charge is 2.27. The minimum atomic E-state index is 0.0852. The van der Waals surface area contributed by atoms with E-state index < -0.39 is 0 Å². The Kier molecular flexibility index (Phi) is 3.62. The summed E-state index contributed by atoms with van der Waals surface area (Å²) in [6.45, 7) is 0. The zero-order valence-electron chi connectivity index (χ0n) is 13.0. The van der Waals surface area contributed by atoms with Crippen molar-refractivity contribution in [1.29, 1.82) is 0 Å². The van der Waals surface area contributed by atoms with E-state index in [1.54, 1.807) is 11.3 Å². The molecule has 0 spiro atoms. The molecule has 0 N–H and O–H groups in total. The molecular formula is C19H18N2OS. The molecule has 116 valence electrons. The molecule has 0 saturated carbocycles. The van der Waals surface area contributed by atoms with Crippen molar-refractivity contribution in [1.82, 2.24) is 9.88 Å². The summed E-state index contributed by atoms with van der Waals surface area (Å²) in [6.07, 6.45) is 3.27. The second-order valence-corrected chi connectivity index (χ2v) is 6.94. The maximum absolute atomic E-state index is 12.9. The van der Waals surface area contributed by atoms with Crippen LogP contribution in [0.1, 0.15) is 40.4 Å². The van der Waals surface area contributed by atoms with Crippen molar-refractivity contribution in [2.24, 2.45) is 0 Å². The maximum atomic E-state index is 12.9. The van der Waals surface area contributed by atoms with Gasteiger partial charge in [0.1, 0.15) is 0 Å². The van der Waals surface area contributed by atoms with Gasteiger partial charge in [-0.15, -0.1) is 11.3 Å². The van der Waals surface area contributed by atoms with Crippen LogP contribution < -0.4 is 0 Å². The van der Waals surface area contributed by atoms with Crippen molar-refractivity contribution < 1.29 is 4.79 Å². The molecule has 3 aromatic rings. The first-order chi connectivity index (χ1) is 11.2. The summed E-state index contributed by atoms with van der Waals surface area (Å²) in [5.74, 6) is 0.0852. The number of carbonyl (C=O) groups excluding carboxylic acids is 1. The number of nitrogens with zero attached hydrogens (tertiary/aromatic N) is 2. The first-order valence-electron chi connectivity index (χ1n) is 7.92. The number of aryl methyl sites for hydroxylation is 1. The van der Waals surface area contributed by atoms with Gasteiger partial charge in [0.25, 0.3) is 5.91 Å². The molecule has 0 radical (unpaired) electrons. The van der Waals surface area contributed by atoms with Gasteiger partial charge in [-0.25, -0.2) is 4.98 Å². The third-order valence-corrected chi connectivity index (χ3v) is 5.50. The predicted molar refractivity (Wildman–Crippen MR) is 93.8 cm³/mol. The SMILES string of the molecule is CN(C(=O)c1ccc2ncsc2c1)[C@@H]1CCCc2ccccc21. The zero-order valence-corrected chi connectivity index (χ0v) is 13.8. The fourth-order valence-corrected chi connectivity index (χ4v) is 4.18. The highest BCUT2D eigenvalue weighted by atomic mass is 32.1. The Morgan fingerprint density at radius 3 is 3.04 bits per heavy atom. The van der Waals surface area contributed by atoms with Gasteiger partial charge in [-0.05, 0) is 48.6 Å². The van der Waals surface area contributed by atoms with Gasteiger partial charge >= 0.3 is 0 Å². The second-order valence-electron chi connectivity index (χ2n) is 6.06. The lowest BCUT2D eigenvalue weighted by Crippen LogP contribution is -2.33. The number of benzene rings is 2. The lowest BCUT2D eigenvalue weighted by atomic mass is 9.87. The Morgan fingerprint density at radius 2 is 2.13 bits per heavy atom. The largest absolute Gasteiger partial charge is 0.335 e. The summed E-state index contributed by atoms with van der Waals surface area (Å²) < 4.78 is 1.06. The van der Waals surface area contributed by atoms with Crippen LogP contribution in [-0.2, 0) is 6.42 Å². The fraction of sp³-hybridized carbons (Fsp3) is 0.263. The summed E-state index contributed by atoms with van der Waals surface area (Å²) in [4.78, 5) is 19.1. The van der Waals surface area contributed by atoms with Gasteiger partial charge in [0.2, 0.25) is 0 Å². The number of aromatic nitrogens is 1. The van der Waals surface area contributed by atoms with Gasteiger partial charge in [0.15, 0.2) is 0 Å². The average Bonchev–Trinajstić information content (AvgIpc) is 3.07. The van der Waals surface area contributed by atoms with Gasteiger partial charge in [-0.2, -0.15) is 0 Å². The molecule has 1 atom stereocenters.